The van der Waals surface area contributed by atoms with Crippen molar-refractivity contribution in [3.8, 4) is 5.75 Å². The van der Waals surface area contributed by atoms with Crippen molar-refractivity contribution in [3.05, 3.63) is 48.5 Å². The van der Waals surface area contributed by atoms with E-state index in [0.717, 1.165) is 0 Å². The van der Waals surface area contributed by atoms with Gasteiger partial charge in [0.2, 0.25) is 17.7 Å². The second kappa shape index (κ2) is 8.74. The average Bonchev–Trinajstić information content (AvgIpc) is 2.71. The summed E-state index contributed by atoms with van der Waals surface area (Å²) in [5, 5.41) is 5.55. The van der Waals surface area contributed by atoms with E-state index < -0.39 is 6.04 Å². The standard InChI is InChI=1S/C21H24N4O4/c1-14(21(28)25-13-20(27)23-17-9-4-5-10-18(17)25)24(2)12-19(26)22-15-7-6-8-16(11-15)29-3/h4-11,14H,12-13H2,1-3H3,(H,22,26)(H,23,27)/t14-/m0/s1. The zero-order valence-electron chi connectivity index (χ0n) is 16.6. The van der Waals surface area contributed by atoms with Gasteiger partial charge >= 0.3 is 0 Å². The molecule has 8 heteroatoms. The fourth-order valence-corrected chi connectivity index (χ4v) is 3.11. The first-order valence-corrected chi connectivity index (χ1v) is 9.23. The third-order valence-electron chi connectivity index (χ3n) is 4.80. The lowest BCUT2D eigenvalue weighted by Gasteiger charge is -2.33. The molecule has 1 heterocycles. The van der Waals surface area contributed by atoms with E-state index in [4.69, 9.17) is 4.74 Å². The van der Waals surface area contributed by atoms with Crippen LogP contribution in [0, 0.1) is 0 Å². The van der Waals surface area contributed by atoms with Gasteiger partial charge in [0.05, 0.1) is 31.1 Å². The number of fused-ring (bicyclic) bond motifs is 1. The third kappa shape index (κ3) is 4.72. The first-order chi connectivity index (χ1) is 13.9. The number of hydrogen-bond donors (Lipinski definition) is 2. The predicted molar refractivity (Wildman–Crippen MR) is 111 cm³/mol. The fourth-order valence-electron chi connectivity index (χ4n) is 3.11. The van der Waals surface area contributed by atoms with Crippen molar-refractivity contribution < 1.29 is 19.1 Å². The van der Waals surface area contributed by atoms with E-state index in [2.05, 4.69) is 10.6 Å². The zero-order valence-corrected chi connectivity index (χ0v) is 16.6. The first kappa shape index (κ1) is 20.3. The molecule has 0 fully saturated rings. The van der Waals surface area contributed by atoms with Gasteiger partial charge in [-0.25, -0.2) is 0 Å². The van der Waals surface area contributed by atoms with Crippen LogP contribution in [0.2, 0.25) is 0 Å². The normalized spacial score (nSPS) is 14.1. The Balaban J connectivity index is 1.65. The summed E-state index contributed by atoms with van der Waals surface area (Å²) in [5.74, 6) is -0.106. The highest BCUT2D eigenvalue weighted by Gasteiger charge is 2.31. The molecule has 0 unspecified atom stereocenters. The number of nitrogens with zero attached hydrogens (tertiary/aromatic N) is 2. The number of likely N-dealkylation sites (N-methyl/N-ethyl adjacent to an activating group) is 1. The van der Waals surface area contributed by atoms with Gasteiger partial charge in [0.15, 0.2) is 0 Å². The van der Waals surface area contributed by atoms with Crippen molar-refractivity contribution in [2.75, 3.05) is 42.8 Å². The van der Waals surface area contributed by atoms with Gasteiger partial charge in [0, 0.05) is 11.8 Å². The number of methoxy groups -OCH3 is 1. The number of nitrogens with one attached hydrogen (secondary N) is 2. The maximum absolute atomic E-state index is 13.0. The Morgan fingerprint density at radius 2 is 2.00 bits per heavy atom. The Bertz CT molecular complexity index is 930. The summed E-state index contributed by atoms with van der Waals surface area (Å²) in [4.78, 5) is 40.5. The second-order valence-corrected chi connectivity index (χ2v) is 6.86. The van der Waals surface area contributed by atoms with E-state index in [0.29, 0.717) is 22.8 Å². The number of amides is 3. The molecule has 3 amide bonds. The summed E-state index contributed by atoms with van der Waals surface area (Å²) < 4.78 is 5.15. The van der Waals surface area contributed by atoms with Crippen molar-refractivity contribution in [1.82, 2.24) is 4.90 Å². The number of anilines is 3. The molecule has 2 aromatic rings. The number of carbonyl (C=O) groups excluding carboxylic acids is 3. The van der Waals surface area contributed by atoms with Crippen LogP contribution in [0.3, 0.4) is 0 Å². The molecule has 8 nitrogen and oxygen atoms in total. The number of ether oxygens (including phenoxy) is 1. The molecular formula is C21H24N4O4. The van der Waals surface area contributed by atoms with Gasteiger partial charge in [0.25, 0.3) is 0 Å². The Hall–Kier alpha value is -3.39. The van der Waals surface area contributed by atoms with Gasteiger partial charge in [0.1, 0.15) is 12.3 Å². The molecule has 0 aromatic heterocycles. The fraction of sp³-hybridized carbons (Fsp3) is 0.286. The molecule has 0 saturated heterocycles. The summed E-state index contributed by atoms with van der Waals surface area (Å²) in [6, 6.07) is 13.6. The highest BCUT2D eigenvalue weighted by molar-refractivity contribution is 6.11. The summed E-state index contributed by atoms with van der Waals surface area (Å²) in [7, 11) is 3.25. The lowest BCUT2D eigenvalue weighted by Crippen LogP contribution is -2.51. The number of benzene rings is 2. The Labute approximate surface area is 169 Å². The summed E-state index contributed by atoms with van der Waals surface area (Å²) in [6.07, 6.45) is 0. The third-order valence-corrected chi connectivity index (χ3v) is 4.80. The maximum Gasteiger partial charge on any atom is 0.244 e. The van der Waals surface area contributed by atoms with Gasteiger partial charge in [-0.05, 0) is 38.2 Å². The van der Waals surface area contributed by atoms with E-state index in [1.807, 2.05) is 6.07 Å². The van der Waals surface area contributed by atoms with E-state index in [9.17, 15) is 14.4 Å². The lowest BCUT2D eigenvalue weighted by molar-refractivity contribution is -0.126. The van der Waals surface area contributed by atoms with Crippen LogP contribution < -0.4 is 20.3 Å². The molecular weight excluding hydrogens is 372 g/mol. The minimum atomic E-state index is -0.593. The molecule has 1 atom stereocenters. The molecule has 1 aliphatic rings. The van der Waals surface area contributed by atoms with Gasteiger partial charge < -0.3 is 15.4 Å². The van der Waals surface area contributed by atoms with Crippen LogP contribution in [0.5, 0.6) is 5.75 Å². The van der Waals surface area contributed by atoms with Crippen molar-refractivity contribution >= 4 is 34.8 Å². The van der Waals surface area contributed by atoms with Crippen LogP contribution in [-0.2, 0) is 14.4 Å². The summed E-state index contributed by atoms with van der Waals surface area (Å²) >= 11 is 0. The minimum Gasteiger partial charge on any atom is -0.497 e. The molecule has 0 radical (unpaired) electrons. The molecule has 2 aromatic carbocycles. The largest absolute Gasteiger partial charge is 0.497 e. The van der Waals surface area contributed by atoms with Crippen molar-refractivity contribution in [1.29, 1.82) is 0 Å². The van der Waals surface area contributed by atoms with Crippen molar-refractivity contribution in [2.24, 2.45) is 0 Å². The highest BCUT2D eigenvalue weighted by Crippen LogP contribution is 2.29. The molecule has 2 N–H and O–H groups in total. The molecule has 0 saturated carbocycles. The number of hydrogen-bond acceptors (Lipinski definition) is 5. The molecule has 0 spiro atoms. The van der Waals surface area contributed by atoms with Crippen LogP contribution in [0.15, 0.2) is 48.5 Å². The van der Waals surface area contributed by atoms with E-state index in [1.54, 1.807) is 68.4 Å². The molecule has 152 valence electrons. The molecule has 29 heavy (non-hydrogen) atoms. The Morgan fingerprint density at radius 1 is 1.24 bits per heavy atom. The number of para-hydroxylation sites is 2. The smallest absolute Gasteiger partial charge is 0.244 e. The number of rotatable bonds is 6. The van der Waals surface area contributed by atoms with Crippen LogP contribution in [0.25, 0.3) is 0 Å². The van der Waals surface area contributed by atoms with E-state index in [-0.39, 0.29) is 30.8 Å². The van der Waals surface area contributed by atoms with Gasteiger partial charge in [-0.2, -0.15) is 0 Å². The average molecular weight is 396 g/mol. The Morgan fingerprint density at radius 3 is 2.76 bits per heavy atom. The first-order valence-electron chi connectivity index (χ1n) is 9.23. The van der Waals surface area contributed by atoms with Crippen LogP contribution >= 0.6 is 0 Å². The monoisotopic (exact) mass is 396 g/mol. The molecule has 0 aliphatic carbocycles. The second-order valence-electron chi connectivity index (χ2n) is 6.86. The van der Waals surface area contributed by atoms with E-state index in [1.165, 1.54) is 4.90 Å². The Kier molecular flexibility index (Phi) is 6.13. The highest BCUT2D eigenvalue weighted by atomic mass is 16.5. The van der Waals surface area contributed by atoms with Crippen LogP contribution in [-0.4, -0.2) is 55.9 Å². The van der Waals surface area contributed by atoms with Gasteiger partial charge in [-0.3, -0.25) is 24.2 Å². The minimum absolute atomic E-state index is 0.0196. The van der Waals surface area contributed by atoms with Crippen LogP contribution in [0.4, 0.5) is 17.1 Å². The number of carbonyl (C=O) groups is 3. The molecule has 3 rings (SSSR count). The predicted octanol–water partition coefficient (Wildman–Crippen LogP) is 1.94. The van der Waals surface area contributed by atoms with Gasteiger partial charge in [-0.1, -0.05) is 18.2 Å². The topological polar surface area (TPSA) is 91.0 Å². The van der Waals surface area contributed by atoms with E-state index >= 15 is 0 Å². The molecule has 0 bridgehead atoms. The van der Waals surface area contributed by atoms with Gasteiger partial charge in [-0.15, -0.1) is 0 Å². The van der Waals surface area contributed by atoms with Crippen molar-refractivity contribution in [2.45, 2.75) is 13.0 Å². The summed E-state index contributed by atoms with van der Waals surface area (Å²) in [5.41, 5.74) is 1.87. The van der Waals surface area contributed by atoms with Crippen LogP contribution in [0.1, 0.15) is 6.92 Å². The summed E-state index contributed by atoms with van der Waals surface area (Å²) in [6.45, 7) is 1.69. The maximum atomic E-state index is 13.0. The SMILES string of the molecule is COc1cccc(NC(=O)CN(C)[C@@H](C)C(=O)N2CC(=O)Nc3ccccc32)c1. The molecule has 1 aliphatic heterocycles. The zero-order chi connectivity index (χ0) is 21.0. The van der Waals surface area contributed by atoms with Crippen molar-refractivity contribution in [3.63, 3.8) is 0 Å². The lowest BCUT2D eigenvalue weighted by atomic mass is 10.1. The quantitative estimate of drug-likeness (QED) is 0.779.